The second-order valence-corrected chi connectivity index (χ2v) is 5.17. The van der Waals surface area contributed by atoms with Crippen molar-refractivity contribution in [1.82, 2.24) is 9.88 Å². The zero-order valence-corrected chi connectivity index (χ0v) is 11.6. The Balaban J connectivity index is 1.72. The first kappa shape index (κ1) is 13.7. The third-order valence-electron chi connectivity index (χ3n) is 3.35. The Morgan fingerprint density at radius 1 is 1.16 bits per heavy atom. The van der Waals surface area contributed by atoms with E-state index in [1.165, 1.54) is 11.1 Å². The van der Waals surface area contributed by atoms with Gasteiger partial charge in [0, 0.05) is 32.0 Å². The zero-order valence-electron chi connectivity index (χ0n) is 11.6. The van der Waals surface area contributed by atoms with Crippen molar-refractivity contribution in [3.8, 4) is 5.75 Å². The lowest BCUT2D eigenvalue weighted by atomic mass is 10.1. The molecule has 0 aliphatic carbocycles. The summed E-state index contributed by atoms with van der Waals surface area (Å²) in [6.45, 7) is 3.13. The van der Waals surface area contributed by atoms with Crippen LogP contribution >= 0.6 is 0 Å². The lowest BCUT2D eigenvalue weighted by molar-refractivity contribution is 0.474. The fraction of sp³-hybridized carbons (Fsp3) is 0.375. The molecule has 19 heavy (non-hydrogen) atoms. The van der Waals surface area contributed by atoms with Crippen LogP contribution in [0.15, 0.2) is 42.7 Å². The summed E-state index contributed by atoms with van der Waals surface area (Å²) in [6, 6.07) is 10.1. The van der Waals surface area contributed by atoms with Crippen LogP contribution in [0.1, 0.15) is 24.5 Å². The normalized spacial score (nSPS) is 12.5. The van der Waals surface area contributed by atoms with Crippen molar-refractivity contribution in [2.45, 2.75) is 32.4 Å². The van der Waals surface area contributed by atoms with Crippen LogP contribution in [0.4, 0.5) is 0 Å². The van der Waals surface area contributed by atoms with Gasteiger partial charge < -0.3 is 15.0 Å². The average molecular weight is 258 g/mol. The van der Waals surface area contributed by atoms with Crippen molar-refractivity contribution >= 4 is 0 Å². The summed E-state index contributed by atoms with van der Waals surface area (Å²) in [5, 5.41) is 12.8. The summed E-state index contributed by atoms with van der Waals surface area (Å²) in [6.07, 6.45) is 6.33. The third kappa shape index (κ3) is 4.45. The van der Waals surface area contributed by atoms with Crippen LogP contribution in [0.5, 0.6) is 5.75 Å². The van der Waals surface area contributed by atoms with Crippen LogP contribution in [-0.2, 0) is 20.0 Å². The molecule has 1 aromatic carbocycles. The summed E-state index contributed by atoms with van der Waals surface area (Å²) in [7, 11) is 2.04. The monoisotopic (exact) mass is 258 g/mol. The second-order valence-electron chi connectivity index (χ2n) is 5.17. The van der Waals surface area contributed by atoms with Gasteiger partial charge >= 0.3 is 0 Å². The summed E-state index contributed by atoms with van der Waals surface area (Å²) in [5.41, 5.74) is 2.59. The number of aromatic nitrogens is 1. The summed E-state index contributed by atoms with van der Waals surface area (Å²) < 4.78 is 2.07. The number of phenolic OH excluding ortho intramolecular Hbond substituents is 1. The second kappa shape index (κ2) is 6.43. The molecule has 2 aromatic rings. The van der Waals surface area contributed by atoms with Gasteiger partial charge in [-0.25, -0.2) is 0 Å². The van der Waals surface area contributed by atoms with Gasteiger partial charge in [-0.05, 0) is 49.1 Å². The predicted molar refractivity (Wildman–Crippen MR) is 78.1 cm³/mol. The van der Waals surface area contributed by atoms with Gasteiger partial charge in [0.25, 0.3) is 0 Å². The van der Waals surface area contributed by atoms with E-state index in [4.69, 9.17) is 0 Å². The van der Waals surface area contributed by atoms with Gasteiger partial charge in [0.2, 0.25) is 0 Å². The Kier molecular flexibility index (Phi) is 4.63. The highest BCUT2D eigenvalue weighted by Gasteiger charge is 2.03. The largest absolute Gasteiger partial charge is 0.508 e. The molecular weight excluding hydrogens is 236 g/mol. The molecule has 1 aromatic heterocycles. The first-order valence-corrected chi connectivity index (χ1v) is 6.75. The Morgan fingerprint density at radius 3 is 2.53 bits per heavy atom. The molecule has 102 valence electrons. The van der Waals surface area contributed by atoms with Crippen LogP contribution in [0, 0.1) is 0 Å². The van der Waals surface area contributed by atoms with E-state index in [2.05, 4.69) is 35.3 Å². The molecule has 0 amide bonds. The van der Waals surface area contributed by atoms with Crippen molar-refractivity contribution in [2.24, 2.45) is 7.05 Å². The van der Waals surface area contributed by atoms with Crippen molar-refractivity contribution in [2.75, 3.05) is 0 Å². The molecular formula is C16H22N2O. The fourth-order valence-corrected chi connectivity index (χ4v) is 2.11. The van der Waals surface area contributed by atoms with Gasteiger partial charge in [0.05, 0.1) is 0 Å². The molecule has 0 saturated carbocycles. The minimum Gasteiger partial charge on any atom is -0.508 e. The molecule has 2 N–H and O–H groups in total. The topological polar surface area (TPSA) is 37.2 Å². The molecule has 1 atom stereocenters. The number of aromatic hydroxyl groups is 1. The van der Waals surface area contributed by atoms with Gasteiger partial charge in [-0.2, -0.15) is 0 Å². The maximum atomic E-state index is 9.23. The molecule has 0 bridgehead atoms. The number of hydrogen-bond donors (Lipinski definition) is 2. The van der Waals surface area contributed by atoms with Gasteiger partial charge in [0.15, 0.2) is 0 Å². The number of aryl methyl sites for hydroxylation is 2. The van der Waals surface area contributed by atoms with E-state index in [9.17, 15) is 5.11 Å². The Hall–Kier alpha value is -1.74. The number of nitrogens with one attached hydrogen (secondary N) is 1. The fourth-order valence-electron chi connectivity index (χ4n) is 2.11. The molecule has 0 aliphatic rings. The molecule has 1 unspecified atom stereocenters. The Morgan fingerprint density at radius 2 is 1.89 bits per heavy atom. The van der Waals surface area contributed by atoms with E-state index in [1.807, 2.05) is 19.2 Å². The van der Waals surface area contributed by atoms with Crippen molar-refractivity contribution < 1.29 is 5.11 Å². The minimum atomic E-state index is 0.332. The molecule has 0 radical (unpaired) electrons. The number of nitrogens with zero attached hydrogens (tertiary/aromatic N) is 1. The van der Waals surface area contributed by atoms with E-state index < -0.39 is 0 Å². The lowest BCUT2D eigenvalue weighted by Gasteiger charge is -2.13. The van der Waals surface area contributed by atoms with Gasteiger partial charge in [-0.15, -0.1) is 0 Å². The number of rotatable bonds is 6. The van der Waals surface area contributed by atoms with E-state index in [0.717, 1.165) is 19.4 Å². The number of hydrogen-bond acceptors (Lipinski definition) is 2. The maximum Gasteiger partial charge on any atom is 0.115 e. The van der Waals surface area contributed by atoms with Crippen LogP contribution in [0.25, 0.3) is 0 Å². The first-order valence-electron chi connectivity index (χ1n) is 6.75. The van der Waals surface area contributed by atoms with Gasteiger partial charge in [-0.3, -0.25) is 0 Å². The van der Waals surface area contributed by atoms with Crippen LogP contribution in [0.2, 0.25) is 0 Å². The van der Waals surface area contributed by atoms with Gasteiger partial charge in [-0.1, -0.05) is 12.1 Å². The van der Waals surface area contributed by atoms with Crippen LogP contribution in [-0.4, -0.2) is 15.7 Å². The summed E-state index contributed by atoms with van der Waals surface area (Å²) in [5.74, 6) is 0.332. The SMILES string of the molecule is CC(CCc1ccc(O)cc1)NCc1ccn(C)c1. The van der Waals surface area contributed by atoms with E-state index >= 15 is 0 Å². The minimum absolute atomic E-state index is 0.332. The van der Waals surface area contributed by atoms with Crippen molar-refractivity contribution in [3.63, 3.8) is 0 Å². The molecule has 1 heterocycles. The molecule has 0 spiro atoms. The average Bonchev–Trinajstić information content (AvgIpc) is 2.81. The molecule has 3 nitrogen and oxygen atoms in total. The molecule has 0 saturated heterocycles. The molecule has 3 heteroatoms. The highest BCUT2D eigenvalue weighted by atomic mass is 16.3. The Labute approximate surface area is 114 Å². The van der Waals surface area contributed by atoms with Crippen LogP contribution < -0.4 is 5.32 Å². The molecule has 0 fully saturated rings. The summed E-state index contributed by atoms with van der Waals surface area (Å²) >= 11 is 0. The van der Waals surface area contributed by atoms with E-state index in [0.29, 0.717) is 11.8 Å². The molecule has 0 aliphatic heterocycles. The number of benzene rings is 1. The van der Waals surface area contributed by atoms with Crippen molar-refractivity contribution in [1.29, 1.82) is 0 Å². The first-order chi connectivity index (χ1) is 9.13. The number of phenols is 1. The Bertz CT molecular complexity index is 502. The summed E-state index contributed by atoms with van der Waals surface area (Å²) in [4.78, 5) is 0. The van der Waals surface area contributed by atoms with Crippen molar-refractivity contribution in [3.05, 3.63) is 53.9 Å². The van der Waals surface area contributed by atoms with Crippen LogP contribution in [0.3, 0.4) is 0 Å². The predicted octanol–water partition coefficient (Wildman–Crippen LogP) is 2.84. The molecule has 2 rings (SSSR count). The lowest BCUT2D eigenvalue weighted by Crippen LogP contribution is -2.25. The highest BCUT2D eigenvalue weighted by Crippen LogP contribution is 2.12. The smallest absolute Gasteiger partial charge is 0.115 e. The van der Waals surface area contributed by atoms with Gasteiger partial charge in [0.1, 0.15) is 5.75 Å². The van der Waals surface area contributed by atoms with E-state index in [-0.39, 0.29) is 0 Å². The third-order valence-corrected chi connectivity index (χ3v) is 3.35. The standard InChI is InChI=1S/C16H22N2O/c1-13(17-11-15-9-10-18(2)12-15)3-4-14-5-7-16(19)8-6-14/h5-10,12-13,17,19H,3-4,11H2,1-2H3. The van der Waals surface area contributed by atoms with E-state index in [1.54, 1.807) is 12.1 Å². The highest BCUT2D eigenvalue weighted by molar-refractivity contribution is 5.25. The quantitative estimate of drug-likeness (QED) is 0.836. The maximum absolute atomic E-state index is 9.23. The zero-order chi connectivity index (χ0) is 13.7.